The lowest BCUT2D eigenvalue weighted by Crippen LogP contribution is -2.43. The van der Waals surface area contributed by atoms with E-state index in [4.69, 9.17) is 13.9 Å². The maximum absolute atomic E-state index is 12.8. The number of methoxy groups -OCH3 is 1. The van der Waals surface area contributed by atoms with E-state index in [2.05, 4.69) is 26.1 Å². The number of hydrogen-bond acceptors (Lipinski definition) is 6. The monoisotopic (exact) mass is 486 g/mol. The molecule has 4 rings (SSSR count). The lowest BCUT2D eigenvalue weighted by Gasteiger charge is -2.35. The van der Waals surface area contributed by atoms with Crippen molar-refractivity contribution in [1.29, 1.82) is 0 Å². The Morgan fingerprint density at radius 1 is 1.16 bits per heavy atom. The molecule has 31 heavy (non-hydrogen) atoms. The fraction of sp³-hybridized carbons (Fsp3) is 0.304. The van der Waals surface area contributed by atoms with Gasteiger partial charge in [0.1, 0.15) is 11.3 Å². The largest absolute Gasteiger partial charge is 0.497 e. The van der Waals surface area contributed by atoms with Crippen molar-refractivity contribution in [2.75, 3.05) is 40.0 Å². The van der Waals surface area contributed by atoms with Crippen molar-refractivity contribution in [2.24, 2.45) is 0 Å². The SMILES string of the molecule is COc1ccc([C@@H](CNC(=O)c2cc(=O)c3cc(Br)ccc3o2)N2CCOCC2)cc1. The first kappa shape index (κ1) is 21.5. The second kappa shape index (κ2) is 9.64. The van der Waals surface area contributed by atoms with Crippen LogP contribution in [0.25, 0.3) is 11.0 Å². The minimum absolute atomic E-state index is 0.00437. The molecule has 1 aliphatic rings. The molecule has 1 amide bonds. The predicted octanol–water partition coefficient (Wildman–Crippen LogP) is 3.37. The second-order valence-electron chi connectivity index (χ2n) is 7.26. The van der Waals surface area contributed by atoms with Crippen LogP contribution in [0.15, 0.2) is 62.2 Å². The molecule has 0 aliphatic carbocycles. The number of carbonyl (C=O) groups is 1. The first-order chi connectivity index (χ1) is 15.0. The number of rotatable bonds is 6. The van der Waals surface area contributed by atoms with Crippen LogP contribution in [0.4, 0.5) is 0 Å². The summed E-state index contributed by atoms with van der Waals surface area (Å²) in [6.45, 7) is 3.21. The Balaban J connectivity index is 1.54. The molecule has 2 aromatic carbocycles. The van der Waals surface area contributed by atoms with Gasteiger partial charge in [-0.15, -0.1) is 0 Å². The van der Waals surface area contributed by atoms with Crippen molar-refractivity contribution in [2.45, 2.75) is 6.04 Å². The molecule has 0 radical (unpaired) electrons. The van der Waals surface area contributed by atoms with Crippen LogP contribution in [0, 0.1) is 0 Å². The van der Waals surface area contributed by atoms with Gasteiger partial charge in [0.25, 0.3) is 5.91 Å². The zero-order valence-corrected chi connectivity index (χ0v) is 18.7. The number of hydrogen-bond donors (Lipinski definition) is 1. The zero-order valence-electron chi connectivity index (χ0n) is 17.1. The minimum atomic E-state index is -0.423. The Labute approximate surface area is 188 Å². The lowest BCUT2D eigenvalue weighted by molar-refractivity contribution is 0.0161. The van der Waals surface area contributed by atoms with E-state index in [0.29, 0.717) is 30.7 Å². The molecule has 0 unspecified atom stereocenters. The number of nitrogens with zero attached hydrogens (tertiary/aromatic N) is 1. The second-order valence-corrected chi connectivity index (χ2v) is 8.18. The van der Waals surface area contributed by atoms with Crippen LogP contribution in [0.3, 0.4) is 0 Å². The van der Waals surface area contributed by atoms with Crippen LogP contribution in [0.2, 0.25) is 0 Å². The number of fused-ring (bicyclic) bond motifs is 1. The number of halogens is 1. The van der Waals surface area contributed by atoms with E-state index in [1.807, 2.05) is 24.3 Å². The van der Waals surface area contributed by atoms with Gasteiger partial charge in [-0.1, -0.05) is 28.1 Å². The average molecular weight is 487 g/mol. The summed E-state index contributed by atoms with van der Waals surface area (Å²) in [6.07, 6.45) is 0. The Hall–Kier alpha value is -2.68. The third-order valence-corrected chi connectivity index (χ3v) is 5.85. The van der Waals surface area contributed by atoms with Crippen molar-refractivity contribution in [3.8, 4) is 5.75 Å². The van der Waals surface area contributed by atoms with Crippen molar-refractivity contribution < 1.29 is 18.7 Å². The van der Waals surface area contributed by atoms with E-state index in [-0.39, 0.29) is 17.2 Å². The van der Waals surface area contributed by atoms with Gasteiger partial charge in [-0.2, -0.15) is 0 Å². The van der Waals surface area contributed by atoms with Gasteiger partial charge in [-0.3, -0.25) is 14.5 Å². The molecule has 0 bridgehead atoms. The molecule has 7 nitrogen and oxygen atoms in total. The van der Waals surface area contributed by atoms with Crippen LogP contribution in [-0.4, -0.2) is 50.8 Å². The Morgan fingerprint density at radius 2 is 1.90 bits per heavy atom. The number of benzene rings is 2. The molecule has 0 saturated carbocycles. The summed E-state index contributed by atoms with van der Waals surface area (Å²) in [7, 11) is 1.63. The summed E-state index contributed by atoms with van der Waals surface area (Å²) in [4.78, 5) is 27.5. The summed E-state index contributed by atoms with van der Waals surface area (Å²) < 4.78 is 17.2. The molecule has 1 aromatic heterocycles. The fourth-order valence-corrected chi connectivity index (χ4v) is 4.05. The summed E-state index contributed by atoms with van der Waals surface area (Å²) >= 11 is 3.34. The van der Waals surface area contributed by atoms with Crippen molar-refractivity contribution in [1.82, 2.24) is 10.2 Å². The minimum Gasteiger partial charge on any atom is -0.497 e. The quantitative estimate of drug-likeness (QED) is 0.575. The molecule has 2 heterocycles. The molecule has 1 saturated heterocycles. The molecule has 3 aromatic rings. The van der Waals surface area contributed by atoms with Crippen molar-refractivity contribution >= 4 is 32.8 Å². The van der Waals surface area contributed by atoms with Crippen LogP contribution in [-0.2, 0) is 4.74 Å². The van der Waals surface area contributed by atoms with Crippen molar-refractivity contribution in [3.05, 3.63) is 74.6 Å². The van der Waals surface area contributed by atoms with Crippen LogP contribution in [0.5, 0.6) is 5.75 Å². The highest BCUT2D eigenvalue weighted by Gasteiger charge is 2.24. The molecular formula is C23H23BrN2O5. The first-order valence-corrected chi connectivity index (χ1v) is 10.8. The smallest absolute Gasteiger partial charge is 0.287 e. The van der Waals surface area contributed by atoms with Gasteiger partial charge < -0.3 is 19.2 Å². The van der Waals surface area contributed by atoms with E-state index in [0.717, 1.165) is 28.9 Å². The third kappa shape index (κ3) is 4.98. The molecule has 1 fully saturated rings. The summed E-state index contributed by atoms with van der Waals surface area (Å²) in [6, 6.07) is 14.1. The number of ether oxygens (including phenoxy) is 2. The van der Waals surface area contributed by atoms with Crippen molar-refractivity contribution in [3.63, 3.8) is 0 Å². The molecule has 8 heteroatoms. The number of nitrogens with one attached hydrogen (secondary N) is 1. The highest BCUT2D eigenvalue weighted by molar-refractivity contribution is 9.10. The normalized spacial score (nSPS) is 15.5. The maximum Gasteiger partial charge on any atom is 0.287 e. The standard InChI is InChI=1S/C23H23BrN2O5/c1-29-17-5-2-15(3-6-17)19(26-8-10-30-11-9-26)14-25-23(28)22-13-20(27)18-12-16(24)4-7-21(18)31-22/h2-7,12-13,19H,8-11,14H2,1H3,(H,25,28)/t19-/m1/s1. The molecule has 1 aliphatic heterocycles. The highest BCUT2D eigenvalue weighted by Crippen LogP contribution is 2.24. The van der Waals surface area contributed by atoms with Crippen LogP contribution in [0.1, 0.15) is 22.2 Å². The lowest BCUT2D eigenvalue weighted by atomic mass is 10.0. The van der Waals surface area contributed by atoms with Gasteiger partial charge in [0, 0.05) is 30.2 Å². The number of amides is 1. The van der Waals surface area contributed by atoms with E-state index in [1.165, 1.54) is 6.07 Å². The Morgan fingerprint density at radius 3 is 2.61 bits per heavy atom. The van der Waals surface area contributed by atoms with Gasteiger partial charge in [-0.05, 0) is 35.9 Å². The van der Waals surface area contributed by atoms with Crippen LogP contribution < -0.4 is 15.5 Å². The summed E-state index contributed by atoms with van der Waals surface area (Å²) in [5.41, 5.74) is 1.18. The Kier molecular flexibility index (Phi) is 6.70. The third-order valence-electron chi connectivity index (χ3n) is 5.36. The number of carbonyl (C=O) groups excluding carboxylic acids is 1. The summed E-state index contributed by atoms with van der Waals surface area (Å²) in [5.74, 6) is 0.349. The fourth-order valence-electron chi connectivity index (χ4n) is 3.69. The average Bonchev–Trinajstić information content (AvgIpc) is 2.80. The van der Waals surface area contributed by atoms with E-state index in [9.17, 15) is 9.59 Å². The van der Waals surface area contributed by atoms with Gasteiger partial charge in [0.2, 0.25) is 0 Å². The van der Waals surface area contributed by atoms with E-state index in [1.54, 1.807) is 25.3 Å². The Bertz CT molecular complexity index is 1120. The summed E-state index contributed by atoms with van der Waals surface area (Å²) in [5, 5.41) is 3.36. The van der Waals surface area contributed by atoms with E-state index >= 15 is 0 Å². The number of morpholine rings is 1. The van der Waals surface area contributed by atoms with Crippen LogP contribution >= 0.6 is 15.9 Å². The van der Waals surface area contributed by atoms with Gasteiger partial charge >= 0.3 is 0 Å². The maximum atomic E-state index is 12.8. The van der Waals surface area contributed by atoms with Gasteiger partial charge in [0.15, 0.2) is 11.2 Å². The molecular weight excluding hydrogens is 464 g/mol. The van der Waals surface area contributed by atoms with Gasteiger partial charge in [0.05, 0.1) is 31.8 Å². The highest BCUT2D eigenvalue weighted by atomic mass is 79.9. The zero-order chi connectivity index (χ0) is 21.8. The molecule has 162 valence electrons. The topological polar surface area (TPSA) is 81.0 Å². The molecule has 1 N–H and O–H groups in total. The molecule has 1 atom stereocenters. The first-order valence-electron chi connectivity index (χ1n) is 10.0. The molecule has 0 spiro atoms. The van der Waals surface area contributed by atoms with Gasteiger partial charge in [-0.25, -0.2) is 0 Å². The van der Waals surface area contributed by atoms with E-state index < -0.39 is 5.91 Å². The predicted molar refractivity (Wildman–Crippen MR) is 121 cm³/mol.